The van der Waals surface area contributed by atoms with Crippen LogP contribution in [0.25, 0.3) is 0 Å². The Kier molecular flexibility index (Phi) is 7.69. The Morgan fingerprint density at radius 3 is 2.38 bits per heavy atom. The quantitative estimate of drug-likeness (QED) is 0.519. The molecule has 2 aromatic carbocycles. The maximum absolute atomic E-state index is 12.2. The fourth-order valence-corrected chi connectivity index (χ4v) is 2.68. The fraction of sp³-hybridized carbons (Fsp3) is 0.350. The van der Waals surface area contributed by atoms with Gasteiger partial charge in [-0.15, -0.1) is 11.8 Å². The van der Waals surface area contributed by atoms with E-state index in [9.17, 15) is 4.79 Å². The van der Waals surface area contributed by atoms with Gasteiger partial charge in [0.05, 0.1) is 6.61 Å². The molecule has 0 saturated carbocycles. The second kappa shape index (κ2) is 10.0. The molecule has 0 aliphatic rings. The molecule has 0 atom stereocenters. The molecule has 24 heavy (non-hydrogen) atoms. The van der Waals surface area contributed by atoms with Crippen molar-refractivity contribution in [1.29, 1.82) is 0 Å². The number of carbonyl (C=O) groups is 1. The predicted molar refractivity (Wildman–Crippen MR) is 101 cm³/mol. The molecule has 0 spiro atoms. The van der Waals surface area contributed by atoms with Gasteiger partial charge >= 0.3 is 0 Å². The minimum Gasteiger partial charge on any atom is -0.494 e. The van der Waals surface area contributed by atoms with Crippen molar-refractivity contribution in [2.24, 2.45) is 0 Å². The Hall–Kier alpha value is -1.94. The Balaban J connectivity index is 1.81. The molecule has 128 valence electrons. The van der Waals surface area contributed by atoms with Gasteiger partial charge in [0.25, 0.3) is 5.91 Å². The third-order valence-electron chi connectivity index (χ3n) is 3.75. The zero-order valence-corrected chi connectivity index (χ0v) is 15.2. The lowest BCUT2D eigenvalue weighted by Crippen LogP contribution is -2.22. The summed E-state index contributed by atoms with van der Waals surface area (Å²) >= 11 is 1.71. The van der Waals surface area contributed by atoms with E-state index in [-0.39, 0.29) is 5.91 Å². The number of nitrogens with one attached hydrogen (secondary N) is 1. The van der Waals surface area contributed by atoms with Gasteiger partial charge in [0.15, 0.2) is 0 Å². The first-order valence-electron chi connectivity index (χ1n) is 8.37. The molecule has 0 saturated heterocycles. The van der Waals surface area contributed by atoms with Crippen molar-refractivity contribution >= 4 is 17.7 Å². The largest absolute Gasteiger partial charge is 0.494 e. The molecule has 4 heteroatoms. The third-order valence-corrected chi connectivity index (χ3v) is 4.49. The van der Waals surface area contributed by atoms with Crippen LogP contribution in [-0.2, 0) is 6.54 Å². The SMILES string of the molecule is CCCCCOc1ccc(C(=O)NCc2ccc(SC)cc2)cc1. The van der Waals surface area contributed by atoms with Crippen molar-refractivity contribution in [1.82, 2.24) is 5.32 Å². The molecule has 1 amide bonds. The van der Waals surface area contributed by atoms with Gasteiger partial charge in [0.1, 0.15) is 5.75 Å². The van der Waals surface area contributed by atoms with Gasteiger partial charge in [-0.05, 0) is 54.6 Å². The van der Waals surface area contributed by atoms with Gasteiger partial charge in [-0.2, -0.15) is 0 Å². The van der Waals surface area contributed by atoms with E-state index < -0.39 is 0 Å². The van der Waals surface area contributed by atoms with Crippen LogP contribution < -0.4 is 10.1 Å². The normalized spacial score (nSPS) is 10.4. The molecular weight excluding hydrogens is 318 g/mol. The van der Waals surface area contributed by atoms with Gasteiger partial charge in [-0.25, -0.2) is 0 Å². The molecule has 1 N–H and O–H groups in total. The van der Waals surface area contributed by atoms with Crippen molar-refractivity contribution < 1.29 is 9.53 Å². The van der Waals surface area contributed by atoms with Crippen LogP contribution in [0.5, 0.6) is 5.75 Å². The highest BCUT2D eigenvalue weighted by Crippen LogP contribution is 2.15. The number of ether oxygens (including phenoxy) is 1. The zero-order valence-electron chi connectivity index (χ0n) is 14.4. The maximum atomic E-state index is 12.2. The number of rotatable bonds is 9. The maximum Gasteiger partial charge on any atom is 0.251 e. The summed E-state index contributed by atoms with van der Waals surface area (Å²) in [6.07, 6.45) is 5.48. The van der Waals surface area contributed by atoms with Crippen LogP contribution in [0.3, 0.4) is 0 Å². The standard InChI is InChI=1S/C20H25NO2S/c1-3-4-5-14-23-18-10-8-17(9-11-18)20(22)21-15-16-6-12-19(24-2)13-7-16/h6-13H,3-5,14-15H2,1-2H3,(H,21,22). The Morgan fingerprint density at radius 1 is 1.04 bits per heavy atom. The Bertz CT molecular complexity index is 623. The zero-order chi connectivity index (χ0) is 17.2. The van der Waals surface area contributed by atoms with E-state index in [1.165, 1.54) is 17.7 Å². The lowest BCUT2D eigenvalue weighted by atomic mass is 10.2. The monoisotopic (exact) mass is 343 g/mol. The Morgan fingerprint density at radius 2 is 1.75 bits per heavy atom. The van der Waals surface area contributed by atoms with E-state index in [1.807, 2.05) is 30.5 Å². The van der Waals surface area contributed by atoms with Gasteiger partial charge < -0.3 is 10.1 Å². The number of unbranched alkanes of at least 4 members (excludes halogenated alkanes) is 2. The summed E-state index contributed by atoms with van der Waals surface area (Å²) in [5, 5.41) is 2.95. The highest BCUT2D eigenvalue weighted by atomic mass is 32.2. The average Bonchev–Trinajstić information content (AvgIpc) is 2.64. The van der Waals surface area contributed by atoms with Gasteiger partial charge in [0.2, 0.25) is 0 Å². The minimum atomic E-state index is -0.0681. The molecule has 0 aliphatic heterocycles. The number of thioether (sulfide) groups is 1. The first-order chi connectivity index (χ1) is 11.7. The molecule has 0 radical (unpaired) electrons. The molecular formula is C20H25NO2S. The number of carbonyl (C=O) groups excluding carboxylic acids is 1. The second-order valence-corrected chi connectivity index (χ2v) is 6.49. The van der Waals surface area contributed by atoms with Crippen molar-refractivity contribution in [2.45, 2.75) is 37.6 Å². The smallest absolute Gasteiger partial charge is 0.251 e. The van der Waals surface area contributed by atoms with Crippen LogP contribution in [0.15, 0.2) is 53.4 Å². The summed E-state index contributed by atoms with van der Waals surface area (Å²) < 4.78 is 5.66. The van der Waals surface area contributed by atoms with Crippen LogP contribution in [0.4, 0.5) is 0 Å². The van der Waals surface area contributed by atoms with E-state index in [0.717, 1.165) is 24.3 Å². The molecule has 0 fully saturated rings. The first-order valence-corrected chi connectivity index (χ1v) is 9.59. The highest BCUT2D eigenvalue weighted by Gasteiger charge is 2.05. The number of benzene rings is 2. The van der Waals surface area contributed by atoms with Crippen LogP contribution >= 0.6 is 11.8 Å². The highest BCUT2D eigenvalue weighted by molar-refractivity contribution is 7.98. The lowest BCUT2D eigenvalue weighted by Gasteiger charge is -2.08. The van der Waals surface area contributed by atoms with Crippen molar-refractivity contribution in [3.8, 4) is 5.75 Å². The molecule has 0 aromatic heterocycles. The summed E-state index contributed by atoms with van der Waals surface area (Å²) in [5.74, 6) is 0.747. The van der Waals surface area contributed by atoms with Crippen molar-refractivity contribution in [2.75, 3.05) is 12.9 Å². The second-order valence-electron chi connectivity index (χ2n) is 5.61. The predicted octanol–water partition coefficient (Wildman–Crippen LogP) is 4.91. The van der Waals surface area contributed by atoms with Crippen LogP contribution in [0.1, 0.15) is 42.1 Å². The van der Waals surface area contributed by atoms with Gasteiger partial charge in [-0.3, -0.25) is 4.79 Å². The van der Waals surface area contributed by atoms with E-state index in [1.54, 1.807) is 23.9 Å². The molecule has 0 bridgehead atoms. The summed E-state index contributed by atoms with van der Waals surface area (Å²) in [7, 11) is 0. The van der Waals surface area contributed by atoms with E-state index in [4.69, 9.17) is 4.74 Å². The topological polar surface area (TPSA) is 38.3 Å². The number of hydrogen-bond acceptors (Lipinski definition) is 3. The number of hydrogen-bond donors (Lipinski definition) is 1. The average molecular weight is 343 g/mol. The first kappa shape index (κ1) is 18.4. The summed E-state index contributed by atoms with van der Waals surface area (Å²) in [4.78, 5) is 13.4. The molecule has 2 aromatic rings. The fourth-order valence-electron chi connectivity index (χ4n) is 2.27. The third kappa shape index (κ3) is 5.93. The lowest BCUT2D eigenvalue weighted by molar-refractivity contribution is 0.0951. The summed E-state index contributed by atoms with van der Waals surface area (Å²) in [5.41, 5.74) is 1.74. The van der Waals surface area contributed by atoms with E-state index in [0.29, 0.717) is 12.1 Å². The Labute approximate surface area is 148 Å². The molecule has 2 rings (SSSR count). The van der Waals surface area contributed by atoms with Gasteiger partial charge in [0, 0.05) is 17.0 Å². The van der Waals surface area contributed by atoms with E-state index >= 15 is 0 Å². The molecule has 0 aliphatic carbocycles. The summed E-state index contributed by atoms with van der Waals surface area (Å²) in [6.45, 7) is 3.43. The van der Waals surface area contributed by atoms with Crippen molar-refractivity contribution in [3.05, 3.63) is 59.7 Å². The molecule has 3 nitrogen and oxygen atoms in total. The molecule has 0 unspecified atom stereocenters. The van der Waals surface area contributed by atoms with Crippen LogP contribution in [0.2, 0.25) is 0 Å². The van der Waals surface area contributed by atoms with Crippen molar-refractivity contribution in [3.63, 3.8) is 0 Å². The number of amides is 1. The minimum absolute atomic E-state index is 0.0681. The van der Waals surface area contributed by atoms with E-state index in [2.05, 4.69) is 24.4 Å². The van der Waals surface area contributed by atoms with Crippen LogP contribution in [-0.4, -0.2) is 18.8 Å². The molecule has 0 heterocycles. The van der Waals surface area contributed by atoms with Crippen LogP contribution in [0, 0.1) is 0 Å². The van der Waals surface area contributed by atoms with Gasteiger partial charge in [-0.1, -0.05) is 31.9 Å². The summed E-state index contributed by atoms with van der Waals surface area (Å²) in [6, 6.07) is 15.5.